The van der Waals surface area contributed by atoms with Crippen molar-refractivity contribution in [1.82, 2.24) is 10.2 Å². The summed E-state index contributed by atoms with van der Waals surface area (Å²) in [6.45, 7) is 6.17. The smallest absolute Gasteiger partial charge is 0.00980 e. The lowest BCUT2D eigenvalue weighted by Gasteiger charge is -2.39. The lowest BCUT2D eigenvalue weighted by Crippen LogP contribution is -2.46. The summed E-state index contributed by atoms with van der Waals surface area (Å²) in [6, 6.07) is 1.70. The summed E-state index contributed by atoms with van der Waals surface area (Å²) in [5, 5.41) is 3.51. The quantitative estimate of drug-likeness (QED) is 0.715. The molecule has 0 aromatic rings. The first-order valence-electron chi connectivity index (χ1n) is 6.84. The van der Waals surface area contributed by atoms with Crippen LogP contribution in [-0.2, 0) is 0 Å². The highest BCUT2D eigenvalue weighted by Gasteiger charge is 2.25. The maximum Gasteiger partial charge on any atom is 0.00980 e. The van der Waals surface area contributed by atoms with Crippen molar-refractivity contribution < 1.29 is 0 Å². The summed E-state index contributed by atoms with van der Waals surface area (Å²) in [5.74, 6) is 0. The molecule has 0 spiro atoms. The molecule has 0 radical (unpaired) electrons. The zero-order chi connectivity index (χ0) is 10.5. The van der Waals surface area contributed by atoms with Gasteiger partial charge in [0.2, 0.25) is 0 Å². The molecule has 1 saturated carbocycles. The van der Waals surface area contributed by atoms with Gasteiger partial charge in [-0.3, -0.25) is 4.90 Å². The van der Waals surface area contributed by atoms with Gasteiger partial charge in [-0.05, 0) is 52.2 Å². The van der Waals surface area contributed by atoms with E-state index >= 15 is 0 Å². The van der Waals surface area contributed by atoms with E-state index in [1.54, 1.807) is 0 Å². The van der Waals surface area contributed by atoms with E-state index in [9.17, 15) is 0 Å². The van der Waals surface area contributed by atoms with Crippen molar-refractivity contribution in [2.75, 3.05) is 19.6 Å². The van der Waals surface area contributed by atoms with Crippen molar-refractivity contribution in [2.24, 2.45) is 0 Å². The number of nitrogens with zero attached hydrogens (tertiary/aromatic N) is 1. The molecule has 2 aliphatic rings. The molecule has 2 fully saturated rings. The predicted octanol–water partition coefficient (Wildman–Crippen LogP) is 2.39. The lowest BCUT2D eigenvalue weighted by molar-refractivity contribution is 0.0994. The third kappa shape index (κ3) is 3.18. The highest BCUT2D eigenvalue weighted by Crippen LogP contribution is 2.25. The molecule has 0 amide bonds. The fraction of sp³-hybridized carbons (Fsp3) is 1.00. The first-order valence-corrected chi connectivity index (χ1v) is 6.84. The Labute approximate surface area is 94.4 Å². The molecule has 0 aromatic carbocycles. The third-order valence-corrected chi connectivity index (χ3v) is 4.12. The van der Waals surface area contributed by atoms with E-state index in [0.29, 0.717) is 0 Å². The zero-order valence-electron chi connectivity index (χ0n) is 10.2. The number of rotatable bonds is 1. The second-order valence-corrected chi connectivity index (χ2v) is 5.27. The van der Waals surface area contributed by atoms with Gasteiger partial charge in [-0.15, -0.1) is 0 Å². The Morgan fingerprint density at radius 1 is 0.933 bits per heavy atom. The van der Waals surface area contributed by atoms with Gasteiger partial charge in [0.05, 0.1) is 0 Å². The first-order chi connectivity index (χ1) is 7.38. The second-order valence-electron chi connectivity index (χ2n) is 5.27. The summed E-state index contributed by atoms with van der Waals surface area (Å²) < 4.78 is 0. The first kappa shape index (κ1) is 11.4. The molecule has 2 nitrogen and oxygen atoms in total. The van der Waals surface area contributed by atoms with Gasteiger partial charge in [0.15, 0.2) is 0 Å². The van der Waals surface area contributed by atoms with Gasteiger partial charge in [0.1, 0.15) is 0 Å². The van der Waals surface area contributed by atoms with Crippen LogP contribution < -0.4 is 5.32 Å². The minimum Gasteiger partial charge on any atom is -0.317 e. The largest absolute Gasteiger partial charge is 0.317 e. The summed E-state index contributed by atoms with van der Waals surface area (Å²) in [4.78, 5) is 2.81. The molecule has 1 N–H and O–H groups in total. The molecular formula is C13H26N2. The van der Waals surface area contributed by atoms with E-state index in [0.717, 1.165) is 12.1 Å². The van der Waals surface area contributed by atoms with Crippen LogP contribution in [0.5, 0.6) is 0 Å². The summed E-state index contributed by atoms with van der Waals surface area (Å²) in [5.41, 5.74) is 0. The van der Waals surface area contributed by atoms with Crippen LogP contribution in [0, 0.1) is 0 Å². The van der Waals surface area contributed by atoms with E-state index in [1.165, 1.54) is 64.6 Å². The van der Waals surface area contributed by atoms with Crippen molar-refractivity contribution in [1.29, 1.82) is 0 Å². The van der Waals surface area contributed by atoms with Gasteiger partial charge >= 0.3 is 0 Å². The minimum absolute atomic E-state index is 0.792. The van der Waals surface area contributed by atoms with Gasteiger partial charge in [-0.2, -0.15) is 0 Å². The van der Waals surface area contributed by atoms with Crippen LogP contribution in [0.4, 0.5) is 0 Å². The molecule has 1 aliphatic carbocycles. The minimum atomic E-state index is 0.792. The zero-order valence-corrected chi connectivity index (χ0v) is 10.2. The highest BCUT2D eigenvalue weighted by atomic mass is 15.2. The predicted molar refractivity (Wildman–Crippen MR) is 65.1 cm³/mol. The monoisotopic (exact) mass is 210 g/mol. The molecule has 1 unspecified atom stereocenters. The van der Waals surface area contributed by atoms with Crippen LogP contribution in [0.25, 0.3) is 0 Å². The molecule has 1 saturated heterocycles. The molecular weight excluding hydrogens is 184 g/mol. The van der Waals surface area contributed by atoms with Crippen molar-refractivity contribution in [3.8, 4) is 0 Å². The van der Waals surface area contributed by atoms with Crippen molar-refractivity contribution >= 4 is 0 Å². The Hall–Kier alpha value is -0.0800. The average molecular weight is 210 g/mol. The Balaban J connectivity index is 1.90. The van der Waals surface area contributed by atoms with Gasteiger partial charge in [-0.1, -0.05) is 19.3 Å². The Bertz CT molecular complexity index is 175. The van der Waals surface area contributed by atoms with Gasteiger partial charge < -0.3 is 5.32 Å². The second kappa shape index (κ2) is 5.86. The van der Waals surface area contributed by atoms with Crippen LogP contribution in [0.15, 0.2) is 0 Å². The molecule has 88 valence electrons. The van der Waals surface area contributed by atoms with Gasteiger partial charge in [0.25, 0.3) is 0 Å². The maximum absolute atomic E-state index is 3.51. The van der Waals surface area contributed by atoms with Crippen molar-refractivity contribution in [3.63, 3.8) is 0 Å². The summed E-state index contributed by atoms with van der Waals surface area (Å²) >= 11 is 0. The van der Waals surface area contributed by atoms with Gasteiger partial charge in [-0.25, -0.2) is 0 Å². The van der Waals surface area contributed by atoms with Gasteiger partial charge in [0, 0.05) is 12.1 Å². The van der Waals surface area contributed by atoms with Crippen LogP contribution in [0.2, 0.25) is 0 Å². The molecule has 1 heterocycles. The standard InChI is InChI=1S/C13H26N2/c1-12-8-10-14-9-5-11-15(12)13-6-3-2-4-7-13/h12-14H,2-11H2,1H3. The number of hydrogen-bond donors (Lipinski definition) is 1. The topological polar surface area (TPSA) is 15.3 Å². The summed E-state index contributed by atoms with van der Waals surface area (Å²) in [7, 11) is 0. The average Bonchev–Trinajstić information content (AvgIpc) is 2.25. The van der Waals surface area contributed by atoms with Crippen LogP contribution in [-0.4, -0.2) is 36.6 Å². The Kier molecular flexibility index (Phi) is 4.45. The molecule has 15 heavy (non-hydrogen) atoms. The highest BCUT2D eigenvalue weighted by molar-refractivity contribution is 4.81. The third-order valence-electron chi connectivity index (χ3n) is 4.12. The van der Waals surface area contributed by atoms with Crippen LogP contribution in [0.1, 0.15) is 51.9 Å². The molecule has 1 atom stereocenters. The molecule has 1 aliphatic heterocycles. The lowest BCUT2D eigenvalue weighted by atomic mass is 9.92. The Morgan fingerprint density at radius 2 is 1.73 bits per heavy atom. The number of nitrogens with one attached hydrogen (secondary N) is 1. The Morgan fingerprint density at radius 3 is 2.53 bits per heavy atom. The fourth-order valence-corrected chi connectivity index (χ4v) is 3.16. The van der Waals surface area contributed by atoms with E-state index in [2.05, 4.69) is 17.1 Å². The van der Waals surface area contributed by atoms with E-state index < -0.39 is 0 Å². The fourth-order valence-electron chi connectivity index (χ4n) is 3.16. The van der Waals surface area contributed by atoms with Crippen molar-refractivity contribution in [2.45, 2.75) is 64.0 Å². The normalized spacial score (nSPS) is 32.2. The van der Waals surface area contributed by atoms with Crippen molar-refractivity contribution in [3.05, 3.63) is 0 Å². The van der Waals surface area contributed by atoms with Crippen LogP contribution >= 0.6 is 0 Å². The summed E-state index contributed by atoms with van der Waals surface area (Å²) in [6.07, 6.45) is 9.98. The molecule has 0 aromatic heterocycles. The molecule has 2 heteroatoms. The molecule has 0 bridgehead atoms. The molecule has 2 rings (SSSR count). The van der Waals surface area contributed by atoms with E-state index in [-0.39, 0.29) is 0 Å². The number of hydrogen-bond acceptors (Lipinski definition) is 2. The SMILES string of the molecule is CC1CCNCCCN1C1CCCCC1. The van der Waals surface area contributed by atoms with E-state index in [1.807, 2.05) is 0 Å². The maximum atomic E-state index is 3.51. The van der Waals surface area contributed by atoms with Crippen LogP contribution in [0.3, 0.4) is 0 Å². The van der Waals surface area contributed by atoms with E-state index in [4.69, 9.17) is 0 Å².